The van der Waals surface area contributed by atoms with Gasteiger partial charge in [-0.3, -0.25) is 0 Å². The number of pyridine rings is 1. The van der Waals surface area contributed by atoms with Gasteiger partial charge in [0.25, 0.3) is 0 Å². The van der Waals surface area contributed by atoms with Crippen LogP contribution in [0.3, 0.4) is 0 Å². The van der Waals surface area contributed by atoms with Gasteiger partial charge in [0.15, 0.2) is 9.84 Å². The van der Waals surface area contributed by atoms with Gasteiger partial charge >= 0.3 is 0 Å². The summed E-state index contributed by atoms with van der Waals surface area (Å²) < 4.78 is 25.3. The topological polar surface area (TPSA) is 71.7 Å². The van der Waals surface area contributed by atoms with Gasteiger partial charge in [0.2, 0.25) is 0 Å². The third-order valence-electron chi connectivity index (χ3n) is 4.50. The Hall–Kier alpha value is -2.96. The minimum absolute atomic E-state index is 0.0607. The molecule has 0 spiro atoms. The lowest BCUT2D eigenvalue weighted by Crippen LogP contribution is -1.96. The summed E-state index contributed by atoms with van der Waals surface area (Å²) in [6.45, 7) is -0.0607. The second kappa shape index (κ2) is 6.64. The third kappa shape index (κ3) is 3.25. The number of nitrogens with zero attached hydrogens (tertiary/aromatic N) is 2. The zero-order chi connectivity index (χ0) is 19.0. The van der Waals surface area contributed by atoms with E-state index in [2.05, 4.69) is 0 Å². The van der Waals surface area contributed by atoms with Crippen molar-refractivity contribution in [2.24, 2.45) is 0 Å². The highest BCUT2D eigenvalue weighted by molar-refractivity contribution is 7.90. The van der Waals surface area contributed by atoms with Crippen molar-refractivity contribution in [3.8, 4) is 22.4 Å². The summed E-state index contributed by atoms with van der Waals surface area (Å²) in [5.74, 6) is 0. The van der Waals surface area contributed by atoms with Crippen molar-refractivity contribution >= 4 is 15.4 Å². The summed E-state index contributed by atoms with van der Waals surface area (Å²) in [6, 6.07) is 20.4. The molecule has 0 atom stereocenters. The molecule has 0 saturated carbocycles. The molecule has 0 aliphatic rings. The van der Waals surface area contributed by atoms with Crippen LogP contribution in [-0.2, 0) is 16.4 Å². The van der Waals surface area contributed by atoms with Crippen LogP contribution >= 0.6 is 0 Å². The second-order valence-corrected chi connectivity index (χ2v) is 8.42. The maximum atomic E-state index is 11.8. The first-order valence-electron chi connectivity index (χ1n) is 8.45. The minimum atomic E-state index is -3.26. The summed E-state index contributed by atoms with van der Waals surface area (Å²) in [4.78, 5) is 0.278. The van der Waals surface area contributed by atoms with Gasteiger partial charge in [0, 0.05) is 23.6 Å². The van der Waals surface area contributed by atoms with Crippen molar-refractivity contribution in [1.29, 1.82) is 0 Å². The molecule has 0 saturated heterocycles. The fourth-order valence-electron chi connectivity index (χ4n) is 3.14. The van der Waals surface area contributed by atoms with E-state index in [1.807, 2.05) is 48.7 Å². The molecule has 2 heterocycles. The average molecular weight is 378 g/mol. The maximum Gasteiger partial charge on any atom is 0.175 e. The molecule has 0 aliphatic heterocycles. The van der Waals surface area contributed by atoms with Gasteiger partial charge in [-0.25, -0.2) is 12.9 Å². The Morgan fingerprint density at radius 3 is 2.30 bits per heavy atom. The Labute approximate surface area is 157 Å². The highest BCUT2D eigenvalue weighted by Crippen LogP contribution is 2.35. The Morgan fingerprint density at radius 1 is 0.963 bits per heavy atom. The van der Waals surface area contributed by atoms with Crippen LogP contribution in [0, 0.1) is 0 Å². The molecule has 0 aliphatic carbocycles. The Bertz CT molecular complexity index is 1210. The molecule has 4 rings (SSSR count). The molecule has 0 amide bonds. The summed E-state index contributed by atoms with van der Waals surface area (Å²) in [5, 5.41) is 14.2. The quantitative estimate of drug-likeness (QED) is 0.589. The zero-order valence-corrected chi connectivity index (χ0v) is 15.5. The summed E-state index contributed by atoms with van der Waals surface area (Å²) in [6.07, 6.45) is 3.02. The number of hydrogen-bond donors (Lipinski definition) is 1. The molecule has 6 heteroatoms. The van der Waals surface area contributed by atoms with Gasteiger partial charge in [-0.15, -0.1) is 0 Å². The van der Waals surface area contributed by atoms with Crippen LogP contribution in [0.25, 0.3) is 27.9 Å². The number of aliphatic hydroxyl groups is 1. The van der Waals surface area contributed by atoms with Crippen LogP contribution in [0.2, 0.25) is 0 Å². The molecule has 0 bridgehead atoms. The van der Waals surface area contributed by atoms with Crippen LogP contribution in [0.15, 0.2) is 77.8 Å². The first kappa shape index (κ1) is 17.5. The van der Waals surface area contributed by atoms with E-state index < -0.39 is 9.84 Å². The third-order valence-corrected chi connectivity index (χ3v) is 5.63. The summed E-state index contributed by atoms with van der Waals surface area (Å²) in [5.41, 5.74) is 5.18. The first-order valence-corrected chi connectivity index (χ1v) is 10.3. The van der Waals surface area contributed by atoms with E-state index in [4.69, 9.17) is 5.10 Å². The Kier molecular flexibility index (Phi) is 4.30. The molecular weight excluding hydrogens is 360 g/mol. The van der Waals surface area contributed by atoms with Crippen molar-refractivity contribution in [3.63, 3.8) is 0 Å². The van der Waals surface area contributed by atoms with E-state index in [-0.39, 0.29) is 11.5 Å². The van der Waals surface area contributed by atoms with E-state index in [9.17, 15) is 13.5 Å². The first-order chi connectivity index (χ1) is 13.0. The van der Waals surface area contributed by atoms with Gasteiger partial charge in [0.1, 0.15) is 5.69 Å². The largest absolute Gasteiger partial charge is 0.392 e. The van der Waals surface area contributed by atoms with Crippen molar-refractivity contribution in [2.45, 2.75) is 11.5 Å². The zero-order valence-electron chi connectivity index (χ0n) is 14.7. The molecule has 2 aromatic carbocycles. The van der Waals surface area contributed by atoms with Crippen molar-refractivity contribution in [1.82, 2.24) is 9.61 Å². The molecule has 0 unspecified atom stereocenters. The van der Waals surface area contributed by atoms with Crippen molar-refractivity contribution < 1.29 is 13.5 Å². The van der Waals surface area contributed by atoms with Gasteiger partial charge in [0.05, 0.1) is 17.0 Å². The van der Waals surface area contributed by atoms with E-state index in [0.29, 0.717) is 0 Å². The Morgan fingerprint density at radius 2 is 1.67 bits per heavy atom. The molecule has 1 N–H and O–H groups in total. The lowest BCUT2D eigenvalue weighted by atomic mass is 9.99. The lowest BCUT2D eigenvalue weighted by Gasteiger charge is -2.06. The number of rotatable bonds is 4. The fourth-order valence-corrected chi connectivity index (χ4v) is 3.77. The highest BCUT2D eigenvalue weighted by Gasteiger charge is 2.17. The normalized spacial score (nSPS) is 11.8. The van der Waals surface area contributed by atoms with Gasteiger partial charge in [-0.1, -0.05) is 42.5 Å². The van der Waals surface area contributed by atoms with Gasteiger partial charge in [-0.05, 0) is 35.4 Å². The highest BCUT2D eigenvalue weighted by atomic mass is 32.2. The molecule has 4 aromatic rings. The molecule has 0 fully saturated rings. The van der Waals surface area contributed by atoms with Gasteiger partial charge in [-0.2, -0.15) is 5.10 Å². The smallest absolute Gasteiger partial charge is 0.175 e. The van der Waals surface area contributed by atoms with Crippen LogP contribution in [0.4, 0.5) is 0 Å². The molecule has 27 heavy (non-hydrogen) atoms. The molecular formula is C21H18N2O3S. The SMILES string of the molecule is CS(=O)(=O)c1ccc(-c2c(-c3ccccc3)nn3ccc(CO)cc23)cc1. The fraction of sp³-hybridized carbons (Fsp3) is 0.0952. The lowest BCUT2D eigenvalue weighted by molar-refractivity contribution is 0.282. The number of aliphatic hydroxyl groups excluding tert-OH is 1. The van der Waals surface area contributed by atoms with Crippen LogP contribution < -0.4 is 0 Å². The number of hydrogen-bond acceptors (Lipinski definition) is 4. The number of fused-ring (bicyclic) bond motifs is 1. The predicted molar refractivity (Wildman–Crippen MR) is 105 cm³/mol. The van der Waals surface area contributed by atoms with Gasteiger partial charge < -0.3 is 5.11 Å². The maximum absolute atomic E-state index is 11.8. The second-order valence-electron chi connectivity index (χ2n) is 6.41. The minimum Gasteiger partial charge on any atom is -0.392 e. The van der Waals surface area contributed by atoms with E-state index in [1.54, 1.807) is 28.8 Å². The van der Waals surface area contributed by atoms with Crippen molar-refractivity contribution in [3.05, 3.63) is 78.5 Å². The Balaban J connectivity index is 1.99. The standard InChI is InChI=1S/C21H18N2O3S/c1-27(25,26)18-9-7-16(8-10-18)20-19-13-15(14-24)11-12-23(19)22-21(20)17-5-3-2-4-6-17/h2-13,24H,14H2,1H3. The molecule has 5 nitrogen and oxygen atoms in total. The predicted octanol–water partition coefficient (Wildman–Crippen LogP) is 3.56. The van der Waals surface area contributed by atoms with Crippen LogP contribution in [-0.4, -0.2) is 29.4 Å². The number of benzene rings is 2. The molecule has 136 valence electrons. The number of sulfone groups is 1. The average Bonchev–Trinajstić information content (AvgIpc) is 3.06. The number of aromatic nitrogens is 2. The van der Waals surface area contributed by atoms with E-state index in [0.717, 1.165) is 33.5 Å². The summed E-state index contributed by atoms with van der Waals surface area (Å²) >= 11 is 0. The van der Waals surface area contributed by atoms with E-state index >= 15 is 0 Å². The van der Waals surface area contributed by atoms with Crippen LogP contribution in [0.1, 0.15) is 5.56 Å². The monoisotopic (exact) mass is 378 g/mol. The summed E-state index contributed by atoms with van der Waals surface area (Å²) in [7, 11) is -3.26. The van der Waals surface area contributed by atoms with E-state index in [1.165, 1.54) is 6.26 Å². The molecule has 2 aromatic heterocycles. The molecule has 0 radical (unpaired) electrons. The van der Waals surface area contributed by atoms with Crippen LogP contribution in [0.5, 0.6) is 0 Å². The van der Waals surface area contributed by atoms with Crippen molar-refractivity contribution in [2.75, 3.05) is 6.26 Å².